The normalized spacial score (nSPS) is 17.3. The van der Waals surface area contributed by atoms with E-state index in [0.717, 1.165) is 30.3 Å². The van der Waals surface area contributed by atoms with E-state index in [1.165, 1.54) is 135 Å². The molecule has 3 heterocycles. The highest BCUT2D eigenvalue weighted by molar-refractivity contribution is 5.64. The smallest absolute Gasteiger partial charge is 0.137 e. The number of hydrogen-bond acceptors (Lipinski definition) is 4. The van der Waals surface area contributed by atoms with Gasteiger partial charge in [0.1, 0.15) is 29.2 Å². The average Bonchev–Trinajstić information content (AvgIpc) is 3.02. The van der Waals surface area contributed by atoms with Gasteiger partial charge in [-0.15, -0.1) is 0 Å². The summed E-state index contributed by atoms with van der Waals surface area (Å²) in [6.45, 7) is 4.42. The minimum Gasteiger partial charge on any atom is -0.466 e. The van der Waals surface area contributed by atoms with E-state index >= 15 is 0 Å². The Morgan fingerprint density at radius 1 is 0.791 bits per heavy atom. The van der Waals surface area contributed by atoms with Crippen LogP contribution in [-0.4, -0.2) is 13.1 Å². The number of nitrogens with zero attached hydrogens (tertiary/aromatic N) is 3. The zero-order chi connectivity index (χ0) is 30.1. The van der Waals surface area contributed by atoms with Gasteiger partial charge in [0, 0.05) is 30.8 Å². The number of benzene rings is 1. The summed E-state index contributed by atoms with van der Waals surface area (Å²) in [5.74, 6) is 2.43. The Balaban J connectivity index is 0.913. The molecule has 0 fully saturated rings. The van der Waals surface area contributed by atoms with Gasteiger partial charge in [-0.25, -0.2) is 0 Å². The molecule has 1 aromatic carbocycles. The summed E-state index contributed by atoms with van der Waals surface area (Å²) in [6, 6.07) is 11.1. The third-order valence-corrected chi connectivity index (χ3v) is 9.73. The van der Waals surface area contributed by atoms with Gasteiger partial charge in [0.2, 0.25) is 0 Å². The SMILES string of the molecule is CC1=CC(=C(C#N)C#N)C=C(CCCCCCCCCCCCCCCCCCC2CCN3CCCc4cccc2c43)O1. The van der Waals surface area contributed by atoms with Gasteiger partial charge in [-0.1, -0.05) is 115 Å². The van der Waals surface area contributed by atoms with Crippen LogP contribution in [0.25, 0.3) is 0 Å². The molecule has 1 aromatic rings. The quantitative estimate of drug-likeness (QED) is 0.120. The van der Waals surface area contributed by atoms with Crippen LogP contribution in [0, 0.1) is 22.7 Å². The molecule has 0 aliphatic carbocycles. The first-order valence-corrected chi connectivity index (χ1v) is 17.7. The first-order valence-electron chi connectivity index (χ1n) is 17.7. The highest BCUT2D eigenvalue weighted by Crippen LogP contribution is 2.42. The lowest BCUT2D eigenvalue weighted by atomic mass is 9.82. The Kier molecular flexibility index (Phi) is 14.3. The first kappa shape index (κ1) is 32.9. The standard InChI is InChI=1S/C39H55N3O/c1-32-28-35(36(30-40)31-41)29-37(43-32)23-17-15-13-11-9-7-5-3-2-4-6-8-10-12-14-16-20-33-25-27-42-26-19-22-34-21-18-24-38(33)39(34)42/h18,21,24,28-29,33H,2-17,19-20,22-23,25-27H2,1H3. The van der Waals surface area contributed by atoms with Crippen LogP contribution in [0.4, 0.5) is 5.69 Å². The van der Waals surface area contributed by atoms with Crippen LogP contribution in [0.3, 0.4) is 0 Å². The zero-order valence-electron chi connectivity index (χ0n) is 27.0. The number of anilines is 1. The van der Waals surface area contributed by atoms with E-state index in [0.29, 0.717) is 5.57 Å². The molecule has 0 saturated carbocycles. The number of rotatable bonds is 19. The van der Waals surface area contributed by atoms with Crippen molar-refractivity contribution in [3.63, 3.8) is 0 Å². The van der Waals surface area contributed by atoms with E-state index in [2.05, 4.69) is 23.1 Å². The molecule has 0 bridgehead atoms. The second-order valence-corrected chi connectivity index (χ2v) is 13.1. The number of allylic oxidation sites excluding steroid dienone is 6. The third-order valence-electron chi connectivity index (χ3n) is 9.73. The molecule has 0 radical (unpaired) electrons. The van der Waals surface area contributed by atoms with Crippen LogP contribution < -0.4 is 4.90 Å². The van der Waals surface area contributed by atoms with Crippen molar-refractivity contribution in [3.05, 3.63) is 64.1 Å². The Labute approximate surface area is 262 Å². The molecule has 0 aromatic heterocycles. The molecule has 232 valence electrons. The van der Waals surface area contributed by atoms with Crippen molar-refractivity contribution in [3.8, 4) is 12.1 Å². The summed E-state index contributed by atoms with van der Waals surface area (Å²) in [4.78, 5) is 2.67. The van der Waals surface area contributed by atoms with Gasteiger partial charge in [-0.2, -0.15) is 10.5 Å². The molecule has 0 saturated heterocycles. The Morgan fingerprint density at radius 2 is 1.40 bits per heavy atom. The maximum absolute atomic E-state index is 9.12. The van der Waals surface area contributed by atoms with Crippen molar-refractivity contribution >= 4 is 5.69 Å². The van der Waals surface area contributed by atoms with Crippen LogP contribution in [0.5, 0.6) is 0 Å². The highest BCUT2D eigenvalue weighted by Gasteiger charge is 2.28. The number of aryl methyl sites for hydroxylation is 1. The van der Waals surface area contributed by atoms with Gasteiger partial charge in [0.05, 0.1) is 0 Å². The topological polar surface area (TPSA) is 60.0 Å². The monoisotopic (exact) mass is 581 g/mol. The molecule has 3 aliphatic heterocycles. The van der Waals surface area contributed by atoms with E-state index < -0.39 is 0 Å². The third kappa shape index (κ3) is 10.6. The molecule has 1 atom stereocenters. The lowest BCUT2D eigenvalue weighted by Gasteiger charge is -2.40. The summed E-state index contributed by atoms with van der Waals surface area (Å²) in [7, 11) is 0. The first-order chi connectivity index (χ1) is 21.2. The van der Waals surface area contributed by atoms with Crippen molar-refractivity contribution in [1.29, 1.82) is 10.5 Å². The second-order valence-electron chi connectivity index (χ2n) is 13.1. The second kappa shape index (κ2) is 18.6. The van der Waals surface area contributed by atoms with Crippen LogP contribution in [-0.2, 0) is 11.2 Å². The fourth-order valence-electron chi connectivity index (χ4n) is 7.38. The fraction of sp³-hybridized carbons (Fsp3) is 0.641. The van der Waals surface area contributed by atoms with Gasteiger partial charge < -0.3 is 9.64 Å². The van der Waals surface area contributed by atoms with Crippen LogP contribution >= 0.6 is 0 Å². The number of unbranched alkanes of at least 4 members (excludes halogenated alkanes) is 15. The van der Waals surface area contributed by atoms with Gasteiger partial charge in [-0.05, 0) is 68.2 Å². The fourth-order valence-corrected chi connectivity index (χ4v) is 7.38. The summed E-state index contributed by atoms with van der Waals surface area (Å²) >= 11 is 0. The predicted octanol–water partition coefficient (Wildman–Crippen LogP) is 11.1. The number of ether oxygens (including phenoxy) is 1. The van der Waals surface area contributed by atoms with E-state index in [4.69, 9.17) is 15.3 Å². The summed E-state index contributed by atoms with van der Waals surface area (Å²) in [5, 5.41) is 18.2. The van der Waals surface area contributed by atoms with Crippen molar-refractivity contribution in [2.45, 2.75) is 148 Å². The molecule has 4 heteroatoms. The van der Waals surface area contributed by atoms with Gasteiger partial charge in [0.25, 0.3) is 0 Å². The Hall–Kier alpha value is -2.98. The zero-order valence-corrected chi connectivity index (χ0v) is 27.0. The predicted molar refractivity (Wildman–Crippen MR) is 179 cm³/mol. The maximum atomic E-state index is 9.12. The van der Waals surface area contributed by atoms with Crippen molar-refractivity contribution in [1.82, 2.24) is 0 Å². The highest BCUT2D eigenvalue weighted by atomic mass is 16.5. The van der Waals surface area contributed by atoms with Crippen LogP contribution in [0.15, 0.2) is 53.0 Å². The molecule has 4 rings (SSSR count). The number of hydrogen-bond donors (Lipinski definition) is 0. The number of para-hydroxylation sites is 1. The molecule has 1 unspecified atom stereocenters. The lowest BCUT2D eigenvalue weighted by Crippen LogP contribution is -2.35. The molecule has 4 nitrogen and oxygen atoms in total. The lowest BCUT2D eigenvalue weighted by molar-refractivity contribution is 0.284. The van der Waals surface area contributed by atoms with E-state index in [9.17, 15) is 0 Å². The molecule has 0 N–H and O–H groups in total. The van der Waals surface area contributed by atoms with Gasteiger partial charge in [-0.3, -0.25) is 0 Å². The van der Waals surface area contributed by atoms with E-state index in [-0.39, 0.29) is 5.57 Å². The van der Waals surface area contributed by atoms with Crippen molar-refractivity contribution < 1.29 is 4.74 Å². The number of nitriles is 2. The summed E-state index contributed by atoms with van der Waals surface area (Å²) in [5.41, 5.74) is 5.73. The Morgan fingerprint density at radius 3 is 2.02 bits per heavy atom. The minimum atomic E-state index is 0.156. The molecule has 0 amide bonds. The average molecular weight is 582 g/mol. The van der Waals surface area contributed by atoms with Gasteiger partial charge >= 0.3 is 0 Å². The summed E-state index contributed by atoms with van der Waals surface area (Å²) in [6.07, 6.45) is 31.7. The van der Waals surface area contributed by atoms with Crippen LogP contribution in [0.2, 0.25) is 0 Å². The maximum Gasteiger partial charge on any atom is 0.137 e. The molecular weight excluding hydrogens is 526 g/mol. The van der Waals surface area contributed by atoms with Crippen molar-refractivity contribution in [2.75, 3.05) is 18.0 Å². The summed E-state index contributed by atoms with van der Waals surface area (Å²) < 4.78 is 5.79. The largest absolute Gasteiger partial charge is 0.466 e. The molecule has 3 aliphatic rings. The van der Waals surface area contributed by atoms with E-state index in [1.807, 2.05) is 25.1 Å². The molecular formula is C39H55N3O. The molecule has 43 heavy (non-hydrogen) atoms. The van der Waals surface area contributed by atoms with Crippen LogP contribution in [0.1, 0.15) is 152 Å². The molecule has 0 spiro atoms. The van der Waals surface area contributed by atoms with Crippen molar-refractivity contribution in [2.24, 2.45) is 0 Å². The Bertz CT molecular complexity index is 1180. The minimum absolute atomic E-state index is 0.156. The van der Waals surface area contributed by atoms with Gasteiger partial charge in [0.15, 0.2) is 0 Å². The van der Waals surface area contributed by atoms with E-state index in [1.54, 1.807) is 22.9 Å².